The molecule has 1 aromatic carbocycles. The molecule has 0 saturated heterocycles. The predicted molar refractivity (Wildman–Crippen MR) is 100 cm³/mol. The lowest BCUT2D eigenvalue weighted by atomic mass is 10.0. The summed E-state index contributed by atoms with van der Waals surface area (Å²) >= 11 is 1.51. The van der Waals surface area contributed by atoms with Crippen molar-refractivity contribution in [2.24, 2.45) is 10.7 Å². The Morgan fingerprint density at radius 1 is 1.27 bits per heavy atom. The lowest BCUT2D eigenvalue weighted by Gasteiger charge is -2.24. The van der Waals surface area contributed by atoms with Gasteiger partial charge in [-0.05, 0) is 17.0 Å². The van der Waals surface area contributed by atoms with Crippen LogP contribution in [0.4, 0.5) is 5.69 Å². The van der Waals surface area contributed by atoms with Crippen LogP contribution in [0.5, 0.6) is 0 Å². The highest BCUT2D eigenvalue weighted by Gasteiger charge is 2.33. The third-order valence-corrected chi connectivity index (χ3v) is 4.76. The molecule has 0 aliphatic carbocycles. The Bertz CT molecular complexity index is 820. The van der Waals surface area contributed by atoms with Crippen molar-refractivity contribution in [3.05, 3.63) is 52.7 Å². The van der Waals surface area contributed by atoms with E-state index in [0.29, 0.717) is 0 Å². The quantitative estimate of drug-likeness (QED) is 0.702. The Hall–Kier alpha value is -3.00. The zero-order valence-electron chi connectivity index (χ0n) is 13.9. The molecule has 2 unspecified atom stereocenters. The molecule has 3 N–H and O–H groups in total. The molecule has 3 rings (SSSR count). The topological polar surface area (TPSA) is 105 Å². The number of thiophene rings is 1. The molecule has 0 fully saturated rings. The number of hydrogen-bond acceptors (Lipinski definition) is 6. The molecule has 0 saturated carbocycles. The van der Waals surface area contributed by atoms with Crippen molar-refractivity contribution in [1.29, 1.82) is 0 Å². The minimum Gasteiger partial charge on any atom is -0.363 e. The van der Waals surface area contributed by atoms with Gasteiger partial charge in [-0.2, -0.15) is 11.3 Å². The van der Waals surface area contributed by atoms with E-state index in [1.165, 1.54) is 11.3 Å². The molecule has 2 amide bonds. The highest BCUT2D eigenvalue weighted by atomic mass is 32.1. The van der Waals surface area contributed by atoms with E-state index in [2.05, 4.69) is 10.3 Å². The van der Waals surface area contributed by atoms with Gasteiger partial charge in [0.25, 0.3) is 5.91 Å². The number of benzene rings is 1. The van der Waals surface area contributed by atoms with Crippen molar-refractivity contribution >= 4 is 41.0 Å². The van der Waals surface area contributed by atoms with Crippen molar-refractivity contribution in [3.8, 4) is 0 Å². The number of carbonyl (C=O) groups is 3. The molecule has 1 aliphatic rings. The van der Waals surface area contributed by atoms with Gasteiger partial charge in [-0.15, -0.1) is 0 Å². The van der Waals surface area contributed by atoms with Gasteiger partial charge in [0.1, 0.15) is 12.1 Å². The average Bonchev–Trinajstić information content (AvgIpc) is 3.32. The normalized spacial score (nSPS) is 17.1. The third-order valence-electron chi connectivity index (χ3n) is 4.09. The van der Waals surface area contributed by atoms with Crippen LogP contribution < -0.4 is 16.0 Å². The minimum atomic E-state index is -1.07. The molecule has 0 bridgehead atoms. The lowest BCUT2D eigenvalue weighted by Crippen LogP contribution is -2.53. The fourth-order valence-corrected chi connectivity index (χ4v) is 3.40. The van der Waals surface area contributed by atoms with Crippen molar-refractivity contribution in [3.63, 3.8) is 0 Å². The van der Waals surface area contributed by atoms with Gasteiger partial charge in [-0.25, -0.2) is 0 Å². The molecule has 1 aliphatic heterocycles. The van der Waals surface area contributed by atoms with E-state index < -0.39 is 23.8 Å². The van der Waals surface area contributed by atoms with Crippen LogP contribution in [0.15, 0.2) is 52.2 Å². The maximum atomic E-state index is 12.7. The molecule has 2 atom stereocenters. The Morgan fingerprint density at radius 3 is 2.69 bits per heavy atom. The predicted octanol–water partition coefficient (Wildman–Crippen LogP) is 0.747. The fraction of sp³-hybridized carbons (Fsp3) is 0.222. The van der Waals surface area contributed by atoms with E-state index >= 15 is 0 Å². The summed E-state index contributed by atoms with van der Waals surface area (Å²) in [7, 11) is 0. The van der Waals surface area contributed by atoms with Gasteiger partial charge < -0.3 is 16.0 Å². The number of anilines is 1. The molecule has 0 spiro atoms. The second-order valence-electron chi connectivity index (χ2n) is 5.86. The fourth-order valence-electron chi connectivity index (χ4n) is 2.76. The summed E-state index contributed by atoms with van der Waals surface area (Å²) in [5.74, 6) is -2.25. The minimum absolute atomic E-state index is 0.195. The van der Waals surface area contributed by atoms with Crippen LogP contribution in [0, 0.1) is 0 Å². The summed E-state index contributed by atoms with van der Waals surface area (Å²) in [6.07, 6.45) is 1.80. The standard InChI is InChI=1S/C18H18N4O3S/c19-17(24)16(23)14(8-12-4-2-1-3-5-12)21-18(25)15-9-20-11-22(15)13-6-7-26-10-13/h1-7,10-11,14-15H,8-9H2,(H2,19,24)(H,21,25). The van der Waals surface area contributed by atoms with Crippen molar-refractivity contribution in [2.45, 2.75) is 18.5 Å². The second-order valence-corrected chi connectivity index (χ2v) is 6.64. The number of carbonyl (C=O) groups excluding carboxylic acids is 3. The summed E-state index contributed by atoms with van der Waals surface area (Å²) in [6.45, 7) is 0.282. The van der Waals surface area contributed by atoms with Crippen molar-refractivity contribution < 1.29 is 14.4 Å². The van der Waals surface area contributed by atoms with E-state index in [9.17, 15) is 14.4 Å². The largest absolute Gasteiger partial charge is 0.363 e. The number of nitrogens with zero attached hydrogens (tertiary/aromatic N) is 2. The lowest BCUT2D eigenvalue weighted by molar-refractivity contribution is -0.138. The maximum Gasteiger partial charge on any atom is 0.287 e. The van der Waals surface area contributed by atoms with Crippen LogP contribution in [-0.4, -0.2) is 42.6 Å². The first-order valence-corrected chi connectivity index (χ1v) is 8.99. The summed E-state index contributed by atoms with van der Waals surface area (Å²) in [5.41, 5.74) is 6.83. The summed E-state index contributed by atoms with van der Waals surface area (Å²) in [5, 5.41) is 6.49. The van der Waals surface area contributed by atoms with Gasteiger partial charge in [-0.1, -0.05) is 30.3 Å². The number of amides is 2. The molecular weight excluding hydrogens is 352 g/mol. The maximum absolute atomic E-state index is 12.7. The molecular formula is C18H18N4O3S. The molecule has 26 heavy (non-hydrogen) atoms. The second kappa shape index (κ2) is 7.92. The zero-order chi connectivity index (χ0) is 18.5. The van der Waals surface area contributed by atoms with Gasteiger partial charge >= 0.3 is 0 Å². The highest BCUT2D eigenvalue weighted by Crippen LogP contribution is 2.22. The first-order chi connectivity index (χ1) is 12.6. The van der Waals surface area contributed by atoms with Crippen molar-refractivity contribution in [2.75, 3.05) is 11.4 Å². The molecule has 8 heteroatoms. The van der Waals surface area contributed by atoms with E-state index in [1.54, 1.807) is 11.2 Å². The van der Waals surface area contributed by atoms with Gasteiger partial charge in [-0.3, -0.25) is 19.4 Å². The molecule has 2 aromatic rings. The van der Waals surface area contributed by atoms with E-state index in [0.717, 1.165) is 11.3 Å². The molecule has 0 radical (unpaired) electrons. The first kappa shape index (κ1) is 17.8. The monoisotopic (exact) mass is 370 g/mol. The summed E-state index contributed by atoms with van der Waals surface area (Å²) in [4.78, 5) is 42.2. The number of rotatable bonds is 7. The number of nitrogens with one attached hydrogen (secondary N) is 1. The van der Waals surface area contributed by atoms with Gasteiger partial charge in [0.05, 0.1) is 18.6 Å². The number of ketones is 1. The Morgan fingerprint density at radius 2 is 2.04 bits per heavy atom. The third kappa shape index (κ3) is 3.97. The Kier molecular flexibility index (Phi) is 5.43. The first-order valence-electron chi connectivity index (χ1n) is 8.04. The van der Waals surface area contributed by atoms with Crippen LogP contribution in [0.25, 0.3) is 0 Å². The van der Waals surface area contributed by atoms with E-state index in [1.807, 2.05) is 47.2 Å². The average molecular weight is 370 g/mol. The summed E-state index contributed by atoms with van der Waals surface area (Å²) < 4.78 is 0. The van der Waals surface area contributed by atoms with Gasteiger partial charge in [0.15, 0.2) is 0 Å². The SMILES string of the molecule is NC(=O)C(=O)C(Cc1ccccc1)NC(=O)C1CN=CN1c1ccsc1. The number of primary amides is 1. The van der Waals surface area contributed by atoms with E-state index in [4.69, 9.17) is 5.73 Å². The number of hydrogen-bond donors (Lipinski definition) is 2. The molecule has 134 valence electrons. The van der Waals surface area contributed by atoms with Gasteiger partial charge in [0, 0.05) is 11.8 Å². The summed E-state index contributed by atoms with van der Waals surface area (Å²) in [6, 6.07) is 9.46. The van der Waals surface area contributed by atoms with Crippen LogP contribution in [0.3, 0.4) is 0 Å². The van der Waals surface area contributed by atoms with Gasteiger partial charge in [0.2, 0.25) is 11.7 Å². The zero-order valence-corrected chi connectivity index (χ0v) is 14.7. The number of nitrogens with two attached hydrogens (primary N) is 1. The van der Waals surface area contributed by atoms with Crippen LogP contribution >= 0.6 is 11.3 Å². The molecule has 2 heterocycles. The number of aliphatic imine (C=N–C) groups is 1. The van der Waals surface area contributed by atoms with Crippen LogP contribution in [0.1, 0.15) is 5.56 Å². The smallest absolute Gasteiger partial charge is 0.287 e. The molecule has 7 nitrogen and oxygen atoms in total. The van der Waals surface area contributed by atoms with E-state index in [-0.39, 0.29) is 18.9 Å². The highest BCUT2D eigenvalue weighted by molar-refractivity contribution is 7.08. The number of Topliss-reactive ketones (excluding diaryl/α,β-unsaturated/α-hetero) is 1. The Labute approximate surface area is 154 Å². The molecule has 1 aromatic heterocycles. The Balaban J connectivity index is 1.74. The van der Waals surface area contributed by atoms with Crippen molar-refractivity contribution in [1.82, 2.24) is 5.32 Å². The van der Waals surface area contributed by atoms with Crippen LogP contribution in [-0.2, 0) is 20.8 Å². The van der Waals surface area contributed by atoms with Crippen LogP contribution in [0.2, 0.25) is 0 Å².